The van der Waals surface area contributed by atoms with E-state index in [2.05, 4.69) is 4.98 Å². The van der Waals surface area contributed by atoms with Crippen LogP contribution in [0.15, 0.2) is 24.5 Å². The molecule has 3 heterocycles. The molecule has 2 aliphatic heterocycles. The normalized spacial score (nSPS) is 24.9. The lowest BCUT2D eigenvalue weighted by Crippen LogP contribution is -2.46. The molecular weight excluding hydrogens is 330 g/mol. The Balaban J connectivity index is 1.55. The summed E-state index contributed by atoms with van der Waals surface area (Å²) in [7, 11) is 0. The number of aliphatic hydroxyl groups excluding tert-OH is 1. The fraction of sp³-hybridized carbons (Fsp3) is 0.650. The molecule has 2 saturated heterocycles. The Morgan fingerprint density at radius 1 is 1.31 bits per heavy atom. The molecule has 0 unspecified atom stereocenters. The number of piperidine rings is 1. The number of nitrogens with zero attached hydrogens (tertiary/aromatic N) is 3. The zero-order valence-electron chi connectivity index (χ0n) is 15.8. The summed E-state index contributed by atoms with van der Waals surface area (Å²) in [6.45, 7) is 5.69. The molecule has 2 amide bonds. The molecule has 26 heavy (non-hydrogen) atoms. The first-order valence-corrected chi connectivity index (χ1v) is 9.43. The Kier molecular flexibility index (Phi) is 5.32. The van der Waals surface area contributed by atoms with E-state index >= 15 is 0 Å². The first-order valence-electron chi connectivity index (χ1n) is 9.43. The van der Waals surface area contributed by atoms with Gasteiger partial charge in [0, 0.05) is 45.4 Å². The topological polar surface area (TPSA) is 73.7 Å². The summed E-state index contributed by atoms with van der Waals surface area (Å²) in [5.74, 6) is 0.212. The second kappa shape index (κ2) is 7.35. The van der Waals surface area contributed by atoms with Gasteiger partial charge in [-0.05, 0) is 49.7 Å². The van der Waals surface area contributed by atoms with Crippen molar-refractivity contribution in [3.63, 3.8) is 0 Å². The molecular formula is C20H29N3O3. The molecule has 3 rings (SSSR count). The van der Waals surface area contributed by atoms with Crippen LogP contribution in [-0.2, 0) is 16.0 Å². The molecule has 1 spiro atoms. The highest BCUT2D eigenvalue weighted by molar-refractivity contribution is 5.77. The molecule has 2 fully saturated rings. The van der Waals surface area contributed by atoms with Crippen molar-refractivity contribution in [2.75, 3.05) is 26.2 Å². The quantitative estimate of drug-likeness (QED) is 0.887. The van der Waals surface area contributed by atoms with Gasteiger partial charge in [-0.15, -0.1) is 0 Å². The second-order valence-electron chi connectivity index (χ2n) is 8.18. The standard InChI is InChI=1S/C20H29N3O3/c1-16(25)23-14-20(13-19(23,2)15-24)7-10-22(11-8-20)18(26)6-5-17-4-3-9-21-12-17/h3-4,9,12,24H,5-8,10-11,13-15H2,1-2H3/t19-/m0/s1. The number of hydrogen-bond acceptors (Lipinski definition) is 4. The Hall–Kier alpha value is -1.95. The molecule has 142 valence electrons. The zero-order chi connectivity index (χ0) is 18.8. The van der Waals surface area contributed by atoms with Crippen LogP contribution in [0.1, 0.15) is 45.1 Å². The SMILES string of the molecule is CC(=O)N1CC2(CCN(C(=O)CCc3cccnc3)CC2)C[C@@]1(C)CO. The number of carbonyl (C=O) groups excluding carboxylic acids is 2. The summed E-state index contributed by atoms with van der Waals surface area (Å²) in [5.41, 5.74) is 0.641. The van der Waals surface area contributed by atoms with Crippen molar-refractivity contribution >= 4 is 11.8 Å². The molecule has 0 bridgehead atoms. The Morgan fingerprint density at radius 2 is 2.04 bits per heavy atom. The van der Waals surface area contributed by atoms with Crippen LogP contribution in [0.2, 0.25) is 0 Å². The lowest BCUT2D eigenvalue weighted by Gasteiger charge is -2.39. The van der Waals surface area contributed by atoms with Crippen molar-refractivity contribution in [1.29, 1.82) is 0 Å². The maximum atomic E-state index is 12.5. The van der Waals surface area contributed by atoms with E-state index in [-0.39, 0.29) is 23.8 Å². The van der Waals surface area contributed by atoms with E-state index in [0.717, 1.165) is 44.3 Å². The van der Waals surface area contributed by atoms with Crippen LogP contribution >= 0.6 is 0 Å². The number of hydrogen-bond donors (Lipinski definition) is 1. The number of aryl methyl sites for hydroxylation is 1. The van der Waals surface area contributed by atoms with Gasteiger partial charge in [0.05, 0.1) is 12.1 Å². The fourth-order valence-corrected chi connectivity index (χ4v) is 4.64. The second-order valence-corrected chi connectivity index (χ2v) is 8.18. The summed E-state index contributed by atoms with van der Waals surface area (Å²) < 4.78 is 0. The van der Waals surface area contributed by atoms with Gasteiger partial charge in [0.25, 0.3) is 0 Å². The van der Waals surface area contributed by atoms with Crippen molar-refractivity contribution in [3.8, 4) is 0 Å². The minimum atomic E-state index is -0.474. The van der Waals surface area contributed by atoms with Crippen LogP contribution in [-0.4, -0.2) is 63.5 Å². The maximum Gasteiger partial charge on any atom is 0.222 e. The van der Waals surface area contributed by atoms with Crippen molar-refractivity contribution in [2.45, 2.75) is 51.5 Å². The molecule has 0 saturated carbocycles. The van der Waals surface area contributed by atoms with E-state index in [1.807, 2.05) is 35.1 Å². The average Bonchev–Trinajstić information content (AvgIpc) is 2.94. The largest absolute Gasteiger partial charge is 0.394 e. The summed E-state index contributed by atoms with van der Waals surface area (Å²) in [6, 6.07) is 3.89. The Bertz CT molecular complexity index is 656. The number of aromatic nitrogens is 1. The molecule has 1 N–H and O–H groups in total. The highest BCUT2D eigenvalue weighted by Gasteiger charge is 2.52. The predicted molar refractivity (Wildman–Crippen MR) is 98.3 cm³/mol. The molecule has 0 aromatic carbocycles. The average molecular weight is 359 g/mol. The van der Waals surface area contributed by atoms with Crippen molar-refractivity contribution in [2.24, 2.45) is 5.41 Å². The van der Waals surface area contributed by atoms with Gasteiger partial charge in [-0.25, -0.2) is 0 Å². The third kappa shape index (κ3) is 3.75. The zero-order valence-corrected chi connectivity index (χ0v) is 15.8. The van der Waals surface area contributed by atoms with E-state index in [1.165, 1.54) is 0 Å². The Labute approximate surface area is 155 Å². The molecule has 6 heteroatoms. The minimum absolute atomic E-state index is 0.0118. The molecule has 1 aromatic rings. The molecule has 0 radical (unpaired) electrons. The minimum Gasteiger partial charge on any atom is -0.394 e. The van der Waals surface area contributed by atoms with Crippen LogP contribution in [0.25, 0.3) is 0 Å². The molecule has 1 atom stereocenters. The molecule has 1 aromatic heterocycles. The monoisotopic (exact) mass is 359 g/mol. The van der Waals surface area contributed by atoms with Crippen molar-refractivity contribution in [1.82, 2.24) is 14.8 Å². The third-order valence-electron chi connectivity index (χ3n) is 6.15. The van der Waals surface area contributed by atoms with E-state index in [9.17, 15) is 14.7 Å². The third-order valence-corrected chi connectivity index (χ3v) is 6.15. The van der Waals surface area contributed by atoms with E-state index in [4.69, 9.17) is 0 Å². The van der Waals surface area contributed by atoms with Crippen LogP contribution in [0, 0.1) is 5.41 Å². The molecule has 2 aliphatic rings. The Morgan fingerprint density at radius 3 is 2.58 bits per heavy atom. The van der Waals surface area contributed by atoms with Gasteiger partial charge < -0.3 is 14.9 Å². The van der Waals surface area contributed by atoms with Crippen molar-refractivity contribution in [3.05, 3.63) is 30.1 Å². The van der Waals surface area contributed by atoms with Crippen LogP contribution in [0.5, 0.6) is 0 Å². The van der Waals surface area contributed by atoms with Gasteiger partial charge in [-0.2, -0.15) is 0 Å². The number of likely N-dealkylation sites (tertiary alicyclic amines) is 2. The number of rotatable bonds is 4. The smallest absolute Gasteiger partial charge is 0.222 e. The van der Waals surface area contributed by atoms with Gasteiger partial charge >= 0.3 is 0 Å². The summed E-state index contributed by atoms with van der Waals surface area (Å²) in [6.07, 6.45) is 7.37. The van der Waals surface area contributed by atoms with Gasteiger partial charge in [0.2, 0.25) is 11.8 Å². The number of pyridine rings is 1. The number of carbonyl (C=O) groups is 2. The van der Waals surface area contributed by atoms with Gasteiger partial charge in [-0.1, -0.05) is 6.07 Å². The number of aliphatic hydroxyl groups is 1. The van der Waals surface area contributed by atoms with E-state index in [1.54, 1.807) is 13.1 Å². The van der Waals surface area contributed by atoms with Crippen molar-refractivity contribution < 1.29 is 14.7 Å². The lowest BCUT2D eigenvalue weighted by atomic mass is 9.74. The van der Waals surface area contributed by atoms with Crippen LogP contribution in [0.4, 0.5) is 0 Å². The molecule has 6 nitrogen and oxygen atoms in total. The highest BCUT2D eigenvalue weighted by Crippen LogP contribution is 2.48. The summed E-state index contributed by atoms with van der Waals surface area (Å²) in [4.78, 5) is 32.4. The predicted octanol–water partition coefficient (Wildman–Crippen LogP) is 1.63. The van der Waals surface area contributed by atoms with Gasteiger partial charge in [-0.3, -0.25) is 14.6 Å². The van der Waals surface area contributed by atoms with E-state index in [0.29, 0.717) is 13.0 Å². The highest BCUT2D eigenvalue weighted by atomic mass is 16.3. The lowest BCUT2D eigenvalue weighted by molar-refractivity contribution is -0.135. The number of amides is 2. The van der Waals surface area contributed by atoms with Crippen LogP contribution < -0.4 is 0 Å². The first-order chi connectivity index (χ1) is 12.4. The van der Waals surface area contributed by atoms with E-state index < -0.39 is 5.54 Å². The fourth-order valence-electron chi connectivity index (χ4n) is 4.64. The first kappa shape index (κ1) is 18.8. The van der Waals surface area contributed by atoms with Crippen LogP contribution in [0.3, 0.4) is 0 Å². The van der Waals surface area contributed by atoms with Gasteiger partial charge in [0.15, 0.2) is 0 Å². The maximum absolute atomic E-state index is 12.5. The summed E-state index contributed by atoms with van der Waals surface area (Å²) in [5, 5.41) is 9.81. The summed E-state index contributed by atoms with van der Waals surface area (Å²) >= 11 is 0. The van der Waals surface area contributed by atoms with Gasteiger partial charge in [0.1, 0.15) is 0 Å². The molecule has 0 aliphatic carbocycles.